The highest BCUT2D eigenvalue weighted by Crippen LogP contribution is 2.41. The van der Waals surface area contributed by atoms with Gasteiger partial charge in [0.05, 0.1) is 39.3 Å². The number of carbonyl (C=O) groups excluding carboxylic acids is 2. The van der Waals surface area contributed by atoms with Crippen LogP contribution in [0.2, 0.25) is 0 Å². The molecule has 11 atom stereocenters. The number of methoxy groups -OCH3 is 2. The standard InChI is InChI=1S/C38H48O20/c1-38(15-26(41)42,58-37-34(50)32(48)30(46)25(56-37)18-54-27(43)11-8-19-6-9-21(40)10-7-19)16-28(44)53-12-4-5-20-13-22(51-2)35(23(14-20)52-3)57-36-33(49)31(47)29(45)24(17-39)55-36/h4-11,13-14,24-25,29-34,36-37,39-40,45-50H,12,15-18H2,1-3H3,(H,41,42)/t24-,25+,29-,30+,31+,32-,33-,34+,36+,37-,38+/m1/s1. The van der Waals surface area contributed by atoms with E-state index >= 15 is 0 Å². The SMILES string of the molecule is COc1cc(C=CCOC(=O)C[C@](C)(CC(=O)O)O[C@H]2O[C@@H](COC(=O)C=Cc3ccc(O)cc3)[C@H](O)[C@@H](O)[C@@H]2O)cc(OC)c1O[C@@H]1O[C@H](CO)[C@@H](O)[C@H](O)[C@H]1O. The van der Waals surface area contributed by atoms with Gasteiger partial charge in [0.25, 0.3) is 0 Å². The molecule has 2 aliphatic rings. The topological polar surface area (TPSA) is 307 Å². The third-order valence-corrected chi connectivity index (χ3v) is 9.02. The van der Waals surface area contributed by atoms with Gasteiger partial charge in [-0.05, 0) is 54.5 Å². The second-order valence-electron chi connectivity index (χ2n) is 13.5. The molecule has 2 aliphatic heterocycles. The molecule has 9 N–H and O–H groups in total. The Labute approximate surface area is 331 Å². The van der Waals surface area contributed by atoms with Crippen LogP contribution < -0.4 is 14.2 Å². The van der Waals surface area contributed by atoms with Gasteiger partial charge in [0.2, 0.25) is 12.0 Å². The summed E-state index contributed by atoms with van der Waals surface area (Å²) in [4.78, 5) is 37.0. The molecule has 4 rings (SSSR count). The first-order valence-corrected chi connectivity index (χ1v) is 17.8. The van der Waals surface area contributed by atoms with Gasteiger partial charge < -0.3 is 83.9 Å². The molecule has 0 spiro atoms. The van der Waals surface area contributed by atoms with Crippen LogP contribution in [0.4, 0.5) is 0 Å². The number of aromatic hydroxyl groups is 1. The summed E-state index contributed by atoms with van der Waals surface area (Å²) in [7, 11) is 2.63. The molecule has 0 aliphatic carbocycles. The minimum atomic E-state index is -1.91. The molecule has 0 aromatic heterocycles. The first kappa shape index (κ1) is 45.8. The number of hydrogen-bond donors (Lipinski definition) is 9. The maximum absolute atomic E-state index is 12.9. The molecule has 58 heavy (non-hydrogen) atoms. The highest BCUT2D eigenvalue weighted by Gasteiger charge is 2.48. The fourth-order valence-electron chi connectivity index (χ4n) is 5.93. The second-order valence-corrected chi connectivity index (χ2v) is 13.5. The lowest BCUT2D eigenvalue weighted by Gasteiger charge is -2.43. The lowest BCUT2D eigenvalue weighted by molar-refractivity contribution is -0.325. The fourth-order valence-corrected chi connectivity index (χ4v) is 5.93. The monoisotopic (exact) mass is 824 g/mol. The van der Waals surface area contributed by atoms with E-state index in [4.69, 9.17) is 37.9 Å². The van der Waals surface area contributed by atoms with Crippen LogP contribution >= 0.6 is 0 Å². The van der Waals surface area contributed by atoms with Gasteiger partial charge in [0.15, 0.2) is 17.8 Å². The molecule has 0 radical (unpaired) electrons. The number of carboxylic acids is 1. The predicted octanol–water partition coefficient (Wildman–Crippen LogP) is -1.15. The summed E-state index contributed by atoms with van der Waals surface area (Å²) in [5.41, 5.74) is -0.867. The van der Waals surface area contributed by atoms with Gasteiger partial charge >= 0.3 is 17.9 Å². The smallest absolute Gasteiger partial charge is 0.330 e. The van der Waals surface area contributed by atoms with E-state index in [0.29, 0.717) is 11.1 Å². The number of aliphatic hydroxyl groups is 7. The van der Waals surface area contributed by atoms with Gasteiger partial charge in [-0.2, -0.15) is 0 Å². The summed E-state index contributed by atoms with van der Waals surface area (Å²) in [6, 6.07) is 8.88. The Morgan fingerprint density at radius 1 is 0.759 bits per heavy atom. The largest absolute Gasteiger partial charge is 0.508 e. The molecule has 2 fully saturated rings. The van der Waals surface area contributed by atoms with E-state index in [1.165, 1.54) is 63.6 Å². The molecule has 20 heteroatoms. The lowest BCUT2D eigenvalue weighted by Crippen LogP contribution is -2.61. The van der Waals surface area contributed by atoms with Gasteiger partial charge in [-0.25, -0.2) is 4.79 Å². The minimum Gasteiger partial charge on any atom is -0.508 e. The normalized spacial score (nSPS) is 28.4. The molecule has 320 valence electrons. The molecule has 20 nitrogen and oxygen atoms in total. The van der Waals surface area contributed by atoms with E-state index in [-0.39, 0.29) is 29.6 Å². The van der Waals surface area contributed by atoms with Crippen molar-refractivity contribution in [2.45, 2.75) is 86.8 Å². The molecule has 0 unspecified atom stereocenters. The van der Waals surface area contributed by atoms with Crippen molar-refractivity contribution in [3.05, 3.63) is 59.7 Å². The summed E-state index contributed by atoms with van der Waals surface area (Å²) in [6.45, 7) is -0.366. The zero-order valence-corrected chi connectivity index (χ0v) is 31.6. The van der Waals surface area contributed by atoms with Crippen molar-refractivity contribution >= 4 is 30.1 Å². The fraction of sp³-hybridized carbons (Fsp3) is 0.500. The summed E-state index contributed by atoms with van der Waals surface area (Å²) >= 11 is 0. The van der Waals surface area contributed by atoms with Crippen molar-refractivity contribution in [3.63, 3.8) is 0 Å². The molecule has 2 saturated heterocycles. The number of carboxylic acid groups (broad SMARTS) is 1. The van der Waals surface area contributed by atoms with Crippen molar-refractivity contribution in [3.8, 4) is 23.0 Å². The molecule has 2 aromatic rings. The molecule has 2 heterocycles. The number of aliphatic carboxylic acids is 1. The van der Waals surface area contributed by atoms with Crippen molar-refractivity contribution in [1.29, 1.82) is 0 Å². The van der Waals surface area contributed by atoms with Gasteiger partial charge in [0, 0.05) is 6.08 Å². The van der Waals surface area contributed by atoms with Gasteiger partial charge in [-0.3, -0.25) is 9.59 Å². The van der Waals surface area contributed by atoms with Crippen LogP contribution in [0, 0.1) is 0 Å². The Morgan fingerprint density at radius 2 is 1.34 bits per heavy atom. The van der Waals surface area contributed by atoms with Crippen molar-refractivity contribution in [2.24, 2.45) is 0 Å². The Kier molecular flexibility index (Phi) is 16.4. The van der Waals surface area contributed by atoms with Crippen LogP contribution in [-0.2, 0) is 38.1 Å². The third kappa shape index (κ3) is 12.1. The first-order valence-electron chi connectivity index (χ1n) is 17.8. The number of carbonyl (C=O) groups is 3. The predicted molar refractivity (Wildman–Crippen MR) is 195 cm³/mol. The average molecular weight is 825 g/mol. The lowest BCUT2D eigenvalue weighted by atomic mass is 9.95. The highest BCUT2D eigenvalue weighted by molar-refractivity contribution is 5.87. The Hall–Kier alpha value is -4.87. The van der Waals surface area contributed by atoms with Crippen LogP contribution in [0.3, 0.4) is 0 Å². The van der Waals surface area contributed by atoms with E-state index < -0.39 is 111 Å². The minimum absolute atomic E-state index is 0.0294. The molecule has 0 saturated carbocycles. The number of benzene rings is 2. The molecule has 2 aromatic carbocycles. The van der Waals surface area contributed by atoms with Crippen molar-refractivity contribution in [2.75, 3.05) is 34.0 Å². The summed E-state index contributed by atoms with van der Waals surface area (Å²) in [6.07, 6.45) is -12.6. The number of phenolic OH excluding ortho intramolecular Hbond substituents is 1. The first-order chi connectivity index (χ1) is 27.5. The third-order valence-electron chi connectivity index (χ3n) is 9.02. The number of ether oxygens (including phenoxy) is 8. The molecule has 0 amide bonds. The molecular weight excluding hydrogens is 776 g/mol. The van der Waals surface area contributed by atoms with Crippen LogP contribution in [0.5, 0.6) is 23.0 Å². The van der Waals surface area contributed by atoms with E-state index in [1.54, 1.807) is 12.1 Å². The zero-order chi connectivity index (χ0) is 42.7. The van der Waals surface area contributed by atoms with E-state index in [1.807, 2.05) is 0 Å². The van der Waals surface area contributed by atoms with Gasteiger partial charge in [-0.1, -0.05) is 18.2 Å². The number of aliphatic hydroxyl groups excluding tert-OH is 7. The highest BCUT2D eigenvalue weighted by atomic mass is 16.7. The maximum atomic E-state index is 12.9. The number of phenols is 1. The van der Waals surface area contributed by atoms with Crippen LogP contribution in [0.15, 0.2) is 48.6 Å². The second kappa shape index (κ2) is 20.7. The van der Waals surface area contributed by atoms with Gasteiger partial charge in [-0.15, -0.1) is 0 Å². The Bertz CT molecular complexity index is 1720. The number of esters is 2. The summed E-state index contributed by atoms with van der Waals surface area (Å²) < 4.78 is 43.7. The van der Waals surface area contributed by atoms with E-state index in [2.05, 4.69) is 0 Å². The Morgan fingerprint density at radius 3 is 1.93 bits per heavy atom. The molecular formula is C38H48O20. The average Bonchev–Trinajstić information content (AvgIpc) is 3.18. The number of rotatable bonds is 18. The Balaban J connectivity index is 1.36. The van der Waals surface area contributed by atoms with E-state index in [9.17, 15) is 60.3 Å². The van der Waals surface area contributed by atoms with Crippen LogP contribution in [0.25, 0.3) is 12.2 Å². The van der Waals surface area contributed by atoms with Crippen molar-refractivity contribution in [1.82, 2.24) is 0 Å². The van der Waals surface area contributed by atoms with Crippen molar-refractivity contribution < 1.29 is 98.2 Å². The van der Waals surface area contributed by atoms with Crippen LogP contribution in [0.1, 0.15) is 30.9 Å². The quantitative estimate of drug-likeness (QED) is 0.0633. The summed E-state index contributed by atoms with van der Waals surface area (Å²) in [5.74, 6) is -3.02. The van der Waals surface area contributed by atoms with Gasteiger partial charge in [0.1, 0.15) is 67.8 Å². The van der Waals surface area contributed by atoms with E-state index in [0.717, 1.165) is 6.08 Å². The summed E-state index contributed by atoms with van der Waals surface area (Å²) in [5, 5.41) is 90.7. The maximum Gasteiger partial charge on any atom is 0.330 e. The molecule has 0 bridgehead atoms. The zero-order valence-electron chi connectivity index (χ0n) is 31.6. The van der Waals surface area contributed by atoms with Crippen LogP contribution in [-0.4, -0.2) is 165 Å². The number of hydrogen-bond acceptors (Lipinski definition) is 19.